The lowest BCUT2D eigenvalue weighted by Crippen LogP contribution is -2.06. The average Bonchev–Trinajstić information content (AvgIpc) is 2.41. The first kappa shape index (κ1) is 14.1. The van der Waals surface area contributed by atoms with Crippen LogP contribution in [0.15, 0.2) is 42.5 Å². The topological polar surface area (TPSA) is 41.1 Å². The van der Waals surface area contributed by atoms with Crippen molar-refractivity contribution in [2.45, 2.75) is 27.3 Å². The maximum atomic E-state index is 11.0. The zero-order chi connectivity index (χ0) is 14.5. The second-order valence-electron chi connectivity index (χ2n) is 5.05. The Morgan fingerprint density at radius 3 is 2.40 bits per heavy atom. The van der Waals surface area contributed by atoms with Crippen LogP contribution in [0.25, 0.3) is 0 Å². The fraction of sp³-hybridized carbons (Fsp3) is 0.235. The standard InChI is InChI=1S/C17H20N2O/c1-12-4-5-13(2)17(10-12)18-11-15-6-8-16(9-7-15)19-14(3)20/h4-10,18H,11H2,1-3H3,(H,19,20). The lowest BCUT2D eigenvalue weighted by Gasteiger charge is -2.11. The second kappa shape index (κ2) is 6.24. The van der Waals surface area contributed by atoms with Crippen LogP contribution in [0.2, 0.25) is 0 Å². The van der Waals surface area contributed by atoms with Gasteiger partial charge in [-0.15, -0.1) is 0 Å². The van der Waals surface area contributed by atoms with Gasteiger partial charge in [0.05, 0.1) is 0 Å². The van der Waals surface area contributed by atoms with Gasteiger partial charge in [-0.2, -0.15) is 0 Å². The summed E-state index contributed by atoms with van der Waals surface area (Å²) in [5.41, 5.74) is 5.66. The summed E-state index contributed by atoms with van der Waals surface area (Å²) < 4.78 is 0. The molecule has 0 bridgehead atoms. The summed E-state index contributed by atoms with van der Waals surface area (Å²) in [6.07, 6.45) is 0. The maximum absolute atomic E-state index is 11.0. The summed E-state index contributed by atoms with van der Waals surface area (Å²) in [6, 6.07) is 14.3. The third-order valence-electron chi connectivity index (χ3n) is 3.15. The van der Waals surface area contributed by atoms with Crippen LogP contribution in [0.4, 0.5) is 11.4 Å². The van der Waals surface area contributed by atoms with Gasteiger partial charge in [0, 0.05) is 24.8 Å². The third-order valence-corrected chi connectivity index (χ3v) is 3.15. The highest BCUT2D eigenvalue weighted by Gasteiger charge is 2.00. The molecule has 20 heavy (non-hydrogen) atoms. The molecule has 0 aliphatic rings. The Morgan fingerprint density at radius 1 is 1.05 bits per heavy atom. The van der Waals surface area contributed by atoms with E-state index in [1.165, 1.54) is 23.6 Å². The molecule has 0 radical (unpaired) electrons. The SMILES string of the molecule is CC(=O)Nc1ccc(CNc2cc(C)ccc2C)cc1. The summed E-state index contributed by atoms with van der Waals surface area (Å²) in [6.45, 7) is 6.47. The predicted octanol–water partition coefficient (Wildman–Crippen LogP) is 3.87. The Morgan fingerprint density at radius 2 is 1.75 bits per heavy atom. The van der Waals surface area contributed by atoms with Gasteiger partial charge in [-0.05, 0) is 48.7 Å². The zero-order valence-corrected chi connectivity index (χ0v) is 12.2. The average molecular weight is 268 g/mol. The Hall–Kier alpha value is -2.29. The first-order chi connectivity index (χ1) is 9.54. The van der Waals surface area contributed by atoms with E-state index in [1.54, 1.807) is 0 Å². The Kier molecular flexibility index (Phi) is 4.41. The molecule has 0 saturated carbocycles. The maximum Gasteiger partial charge on any atom is 0.221 e. The molecule has 0 spiro atoms. The van der Waals surface area contributed by atoms with Crippen LogP contribution >= 0.6 is 0 Å². The summed E-state index contributed by atoms with van der Waals surface area (Å²) >= 11 is 0. The van der Waals surface area contributed by atoms with E-state index in [4.69, 9.17) is 0 Å². The van der Waals surface area contributed by atoms with Gasteiger partial charge in [-0.1, -0.05) is 24.3 Å². The lowest BCUT2D eigenvalue weighted by atomic mass is 10.1. The molecule has 0 aliphatic carbocycles. The number of carbonyl (C=O) groups excluding carboxylic acids is 1. The van der Waals surface area contributed by atoms with Gasteiger partial charge >= 0.3 is 0 Å². The molecule has 2 rings (SSSR count). The Labute approximate surface area is 120 Å². The fourth-order valence-corrected chi connectivity index (χ4v) is 2.03. The highest BCUT2D eigenvalue weighted by molar-refractivity contribution is 5.88. The molecule has 0 aliphatic heterocycles. The number of nitrogens with one attached hydrogen (secondary N) is 2. The van der Waals surface area contributed by atoms with Crippen LogP contribution in [0.3, 0.4) is 0 Å². The number of carbonyl (C=O) groups is 1. The number of anilines is 2. The third kappa shape index (κ3) is 3.85. The van der Waals surface area contributed by atoms with E-state index < -0.39 is 0 Å². The first-order valence-corrected chi connectivity index (χ1v) is 6.72. The fourth-order valence-electron chi connectivity index (χ4n) is 2.03. The van der Waals surface area contributed by atoms with E-state index in [-0.39, 0.29) is 5.91 Å². The van der Waals surface area contributed by atoms with Crippen molar-refractivity contribution in [2.24, 2.45) is 0 Å². The van der Waals surface area contributed by atoms with Crippen molar-refractivity contribution >= 4 is 17.3 Å². The summed E-state index contributed by atoms with van der Waals surface area (Å²) in [5.74, 6) is -0.0498. The van der Waals surface area contributed by atoms with Gasteiger partial charge in [0.25, 0.3) is 0 Å². The van der Waals surface area contributed by atoms with Crippen molar-refractivity contribution in [2.75, 3.05) is 10.6 Å². The molecule has 0 unspecified atom stereocenters. The monoisotopic (exact) mass is 268 g/mol. The summed E-state index contributed by atoms with van der Waals surface area (Å²) in [5, 5.41) is 6.21. The zero-order valence-electron chi connectivity index (χ0n) is 12.2. The molecule has 3 nitrogen and oxygen atoms in total. The highest BCUT2D eigenvalue weighted by atomic mass is 16.1. The van der Waals surface area contributed by atoms with E-state index in [2.05, 4.69) is 42.7 Å². The van der Waals surface area contributed by atoms with Crippen molar-refractivity contribution < 1.29 is 4.79 Å². The number of rotatable bonds is 4. The second-order valence-corrected chi connectivity index (χ2v) is 5.05. The number of hydrogen-bond donors (Lipinski definition) is 2. The molecule has 0 saturated heterocycles. The number of hydrogen-bond acceptors (Lipinski definition) is 2. The van der Waals surface area contributed by atoms with E-state index in [0.717, 1.165) is 17.9 Å². The molecule has 2 N–H and O–H groups in total. The van der Waals surface area contributed by atoms with E-state index in [9.17, 15) is 4.79 Å². The molecule has 2 aromatic carbocycles. The number of benzene rings is 2. The Balaban J connectivity index is 2.00. The quantitative estimate of drug-likeness (QED) is 0.883. The highest BCUT2D eigenvalue weighted by Crippen LogP contribution is 2.18. The van der Waals surface area contributed by atoms with E-state index >= 15 is 0 Å². The van der Waals surface area contributed by atoms with Crippen LogP contribution in [0.1, 0.15) is 23.6 Å². The van der Waals surface area contributed by atoms with Crippen molar-refractivity contribution in [1.29, 1.82) is 0 Å². The summed E-state index contributed by atoms with van der Waals surface area (Å²) in [7, 11) is 0. The van der Waals surface area contributed by atoms with Gasteiger partial charge in [0.15, 0.2) is 0 Å². The molecule has 2 aromatic rings. The van der Waals surface area contributed by atoms with Crippen molar-refractivity contribution in [3.05, 3.63) is 59.2 Å². The molecular formula is C17H20N2O. The van der Waals surface area contributed by atoms with E-state index in [0.29, 0.717) is 0 Å². The first-order valence-electron chi connectivity index (χ1n) is 6.72. The van der Waals surface area contributed by atoms with Gasteiger partial charge in [-0.25, -0.2) is 0 Å². The minimum Gasteiger partial charge on any atom is -0.381 e. The largest absolute Gasteiger partial charge is 0.381 e. The molecule has 0 atom stereocenters. The molecule has 0 heterocycles. The summed E-state index contributed by atoms with van der Waals surface area (Å²) in [4.78, 5) is 11.0. The normalized spacial score (nSPS) is 10.2. The van der Waals surface area contributed by atoms with Crippen LogP contribution in [0.5, 0.6) is 0 Å². The van der Waals surface area contributed by atoms with Crippen LogP contribution in [-0.2, 0) is 11.3 Å². The Bertz CT molecular complexity index is 603. The van der Waals surface area contributed by atoms with Crippen LogP contribution in [0, 0.1) is 13.8 Å². The number of aryl methyl sites for hydroxylation is 2. The van der Waals surface area contributed by atoms with Crippen LogP contribution < -0.4 is 10.6 Å². The smallest absolute Gasteiger partial charge is 0.221 e. The van der Waals surface area contributed by atoms with Crippen molar-refractivity contribution in [3.8, 4) is 0 Å². The molecule has 3 heteroatoms. The van der Waals surface area contributed by atoms with Gasteiger partial charge in [0.2, 0.25) is 5.91 Å². The van der Waals surface area contributed by atoms with Crippen LogP contribution in [-0.4, -0.2) is 5.91 Å². The number of amides is 1. The molecular weight excluding hydrogens is 248 g/mol. The van der Waals surface area contributed by atoms with Gasteiger partial charge < -0.3 is 10.6 Å². The molecule has 1 amide bonds. The molecule has 0 fully saturated rings. The van der Waals surface area contributed by atoms with E-state index in [1.807, 2.05) is 24.3 Å². The van der Waals surface area contributed by atoms with Gasteiger partial charge in [0.1, 0.15) is 0 Å². The minimum absolute atomic E-state index is 0.0498. The predicted molar refractivity (Wildman–Crippen MR) is 84.0 cm³/mol. The minimum atomic E-state index is -0.0498. The lowest BCUT2D eigenvalue weighted by molar-refractivity contribution is -0.114. The van der Waals surface area contributed by atoms with Gasteiger partial charge in [-0.3, -0.25) is 4.79 Å². The molecule has 0 aromatic heterocycles. The van der Waals surface area contributed by atoms with Crippen molar-refractivity contribution in [3.63, 3.8) is 0 Å². The molecule has 104 valence electrons. The van der Waals surface area contributed by atoms with Crippen molar-refractivity contribution in [1.82, 2.24) is 0 Å².